The van der Waals surface area contributed by atoms with Crippen molar-refractivity contribution in [2.75, 3.05) is 11.1 Å². The van der Waals surface area contributed by atoms with Crippen LogP contribution in [0.15, 0.2) is 62.6 Å². The Kier molecular flexibility index (Phi) is 6.66. The molecule has 0 radical (unpaired) electrons. The zero-order valence-electron chi connectivity index (χ0n) is 15.6. The second kappa shape index (κ2) is 9.38. The normalized spacial score (nSPS) is 10.7. The van der Waals surface area contributed by atoms with Crippen LogP contribution >= 0.6 is 11.8 Å². The second-order valence-electron chi connectivity index (χ2n) is 6.20. The highest BCUT2D eigenvalue weighted by molar-refractivity contribution is 7.99. The van der Waals surface area contributed by atoms with Gasteiger partial charge in [0.05, 0.1) is 6.42 Å². The van der Waals surface area contributed by atoms with E-state index in [1.54, 1.807) is 30.3 Å². The minimum Gasteiger partial charge on any atom is -0.461 e. The molecule has 0 spiro atoms. The number of hydrogen-bond donors (Lipinski definition) is 1. The van der Waals surface area contributed by atoms with Crippen LogP contribution in [-0.4, -0.2) is 17.6 Å². The molecule has 0 saturated carbocycles. The third kappa shape index (κ3) is 5.92. The third-order valence-corrected chi connectivity index (χ3v) is 4.94. The lowest BCUT2D eigenvalue weighted by molar-refractivity contribution is -0.144. The van der Waals surface area contributed by atoms with E-state index in [1.165, 1.54) is 36.9 Å². The fourth-order valence-electron chi connectivity index (χ4n) is 2.64. The highest BCUT2D eigenvalue weighted by Crippen LogP contribution is 2.23. The number of carbonyl (C=O) groups is 2. The van der Waals surface area contributed by atoms with Crippen LogP contribution in [0.5, 0.6) is 0 Å². The van der Waals surface area contributed by atoms with Gasteiger partial charge < -0.3 is 14.5 Å². The lowest BCUT2D eigenvalue weighted by Gasteiger charge is -2.09. The molecule has 0 atom stereocenters. The van der Waals surface area contributed by atoms with E-state index in [4.69, 9.17) is 9.15 Å². The Morgan fingerprint density at radius 3 is 2.62 bits per heavy atom. The Morgan fingerprint density at radius 2 is 1.90 bits per heavy atom. The summed E-state index contributed by atoms with van der Waals surface area (Å²) in [5, 5.41) is 3.23. The molecule has 0 aliphatic carbocycles. The predicted molar refractivity (Wildman–Crippen MR) is 108 cm³/mol. The average molecular weight is 415 g/mol. The van der Waals surface area contributed by atoms with E-state index in [0.29, 0.717) is 28.0 Å². The van der Waals surface area contributed by atoms with Crippen LogP contribution in [0.2, 0.25) is 0 Å². The van der Waals surface area contributed by atoms with Gasteiger partial charge in [-0.15, -0.1) is 11.8 Å². The van der Waals surface area contributed by atoms with E-state index in [2.05, 4.69) is 5.32 Å². The van der Waals surface area contributed by atoms with Gasteiger partial charge in [-0.25, -0.2) is 9.18 Å². The van der Waals surface area contributed by atoms with Gasteiger partial charge in [-0.3, -0.25) is 9.59 Å². The number of ether oxygens (including phenoxy) is 1. The lowest BCUT2D eigenvalue weighted by Crippen LogP contribution is -2.09. The van der Waals surface area contributed by atoms with Crippen LogP contribution in [-0.2, 0) is 20.9 Å². The maximum atomic E-state index is 12.9. The first-order valence-electron chi connectivity index (χ1n) is 8.79. The van der Waals surface area contributed by atoms with Gasteiger partial charge in [0.2, 0.25) is 5.91 Å². The molecule has 150 valence electrons. The molecule has 0 aliphatic rings. The smallest absolute Gasteiger partial charge is 0.336 e. The molecule has 8 heteroatoms. The minimum atomic E-state index is -0.574. The maximum absolute atomic E-state index is 12.9. The van der Waals surface area contributed by atoms with Gasteiger partial charge >= 0.3 is 11.6 Å². The standard InChI is InChI=1S/C21H18FNO5S/c1-13(24)23-16-4-7-18-14(10-21(26)28-19(18)11-16)12-27-20(25)8-9-29-17-5-2-15(22)3-6-17/h2-7,10-11H,8-9,12H2,1H3,(H,23,24). The Balaban J connectivity index is 1.60. The predicted octanol–water partition coefficient (Wildman–Crippen LogP) is 4.12. The summed E-state index contributed by atoms with van der Waals surface area (Å²) in [7, 11) is 0. The zero-order chi connectivity index (χ0) is 20.8. The summed E-state index contributed by atoms with van der Waals surface area (Å²) >= 11 is 1.42. The number of benzene rings is 2. The molecule has 1 heterocycles. The van der Waals surface area contributed by atoms with Crippen molar-refractivity contribution in [3.63, 3.8) is 0 Å². The molecule has 29 heavy (non-hydrogen) atoms. The summed E-state index contributed by atoms with van der Waals surface area (Å²) < 4.78 is 23.3. The number of esters is 1. The molecule has 2 aromatic carbocycles. The van der Waals surface area contributed by atoms with Crippen LogP contribution in [0.25, 0.3) is 11.0 Å². The molecule has 0 bridgehead atoms. The van der Waals surface area contributed by atoms with Crippen LogP contribution in [0.4, 0.5) is 10.1 Å². The summed E-state index contributed by atoms with van der Waals surface area (Å²) in [6.07, 6.45) is 0.175. The first kappa shape index (κ1) is 20.6. The number of halogens is 1. The van der Waals surface area contributed by atoms with Crippen molar-refractivity contribution in [3.8, 4) is 0 Å². The lowest BCUT2D eigenvalue weighted by atomic mass is 10.1. The van der Waals surface area contributed by atoms with Crippen LogP contribution in [0.3, 0.4) is 0 Å². The topological polar surface area (TPSA) is 85.6 Å². The summed E-state index contributed by atoms with van der Waals surface area (Å²) in [4.78, 5) is 35.9. The van der Waals surface area contributed by atoms with E-state index in [0.717, 1.165) is 4.90 Å². The molecule has 0 aliphatic heterocycles. The van der Waals surface area contributed by atoms with Gasteiger partial charge in [-0.1, -0.05) is 0 Å². The van der Waals surface area contributed by atoms with Crippen molar-refractivity contribution < 1.29 is 23.1 Å². The summed E-state index contributed by atoms with van der Waals surface area (Å²) in [6, 6.07) is 12.2. The Hall–Kier alpha value is -3.13. The number of anilines is 1. The number of carbonyl (C=O) groups excluding carboxylic acids is 2. The van der Waals surface area contributed by atoms with Crippen molar-refractivity contribution in [1.29, 1.82) is 0 Å². The molecule has 0 fully saturated rings. The van der Waals surface area contributed by atoms with Crippen LogP contribution < -0.4 is 10.9 Å². The Morgan fingerprint density at radius 1 is 1.14 bits per heavy atom. The molecule has 6 nitrogen and oxygen atoms in total. The highest BCUT2D eigenvalue weighted by Gasteiger charge is 2.10. The summed E-state index contributed by atoms with van der Waals surface area (Å²) in [6.45, 7) is 1.31. The van der Waals surface area contributed by atoms with Crippen molar-refractivity contribution in [2.24, 2.45) is 0 Å². The molecule has 1 amide bonds. The van der Waals surface area contributed by atoms with E-state index in [1.807, 2.05) is 0 Å². The zero-order valence-corrected chi connectivity index (χ0v) is 16.4. The number of rotatable bonds is 7. The fourth-order valence-corrected chi connectivity index (χ4v) is 3.48. The van der Waals surface area contributed by atoms with E-state index < -0.39 is 11.6 Å². The molecule has 0 unspecified atom stereocenters. The first-order valence-corrected chi connectivity index (χ1v) is 9.77. The van der Waals surface area contributed by atoms with Crippen LogP contribution in [0.1, 0.15) is 18.9 Å². The Labute approximate surface area is 170 Å². The van der Waals surface area contributed by atoms with Crippen LogP contribution in [0, 0.1) is 5.82 Å². The number of fused-ring (bicyclic) bond motifs is 1. The number of nitrogens with one attached hydrogen (secondary N) is 1. The monoisotopic (exact) mass is 415 g/mol. The molecule has 0 saturated heterocycles. The van der Waals surface area contributed by atoms with Gasteiger partial charge in [0.1, 0.15) is 18.0 Å². The Bertz CT molecular complexity index is 1090. The van der Waals surface area contributed by atoms with Gasteiger partial charge in [-0.2, -0.15) is 0 Å². The van der Waals surface area contributed by atoms with E-state index >= 15 is 0 Å². The summed E-state index contributed by atoms with van der Waals surface area (Å²) in [5.41, 5.74) is 0.738. The third-order valence-electron chi connectivity index (χ3n) is 3.93. The minimum absolute atomic E-state index is 0.0678. The van der Waals surface area contributed by atoms with Gasteiger partial charge in [-0.05, 0) is 36.4 Å². The van der Waals surface area contributed by atoms with Gasteiger partial charge in [0.25, 0.3) is 0 Å². The molecular formula is C21H18FNO5S. The number of hydrogen-bond acceptors (Lipinski definition) is 6. The van der Waals surface area contributed by atoms with Crippen molar-refractivity contribution in [2.45, 2.75) is 24.8 Å². The molecule has 1 N–H and O–H groups in total. The number of thioether (sulfide) groups is 1. The van der Waals surface area contributed by atoms with E-state index in [-0.39, 0.29) is 24.8 Å². The first-order chi connectivity index (χ1) is 13.9. The SMILES string of the molecule is CC(=O)Nc1ccc2c(COC(=O)CCSc3ccc(F)cc3)cc(=O)oc2c1. The quantitative estimate of drug-likeness (QED) is 0.355. The average Bonchev–Trinajstić information content (AvgIpc) is 2.67. The number of amides is 1. The molecule has 1 aromatic heterocycles. The molecule has 3 aromatic rings. The van der Waals surface area contributed by atoms with Crippen molar-refractivity contribution in [1.82, 2.24) is 0 Å². The summed E-state index contributed by atoms with van der Waals surface area (Å²) in [5.74, 6) is -0.467. The molecular weight excluding hydrogens is 397 g/mol. The second-order valence-corrected chi connectivity index (χ2v) is 7.36. The maximum Gasteiger partial charge on any atom is 0.336 e. The van der Waals surface area contributed by atoms with Gasteiger partial charge in [0.15, 0.2) is 0 Å². The van der Waals surface area contributed by atoms with Crippen molar-refractivity contribution >= 4 is 40.3 Å². The highest BCUT2D eigenvalue weighted by atomic mass is 32.2. The fraction of sp³-hybridized carbons (Fsp3) is 0.190. The molecule has 3 rings (SSSR count). The van der Waals surface area contributed by atoms with E-state index in [9.17, 15) is 18.8 Å². The van der Waals surface area contributed by atoms with Crippen molar-refractivity contribution in [3.05, 3.63) is 70.3 Å². The van der Waals surface area contributed by atoms with Gasteiger partial charge in [0, 0.05) is 46.3 Å². The largest absolute Gasteiger partial charge is 0.461 e.